The third kappa shape index (κ3) is 2.35. The van der Waals surface area contributed by atoms with Crippen molar-refractivity contribution in [3.63, 3.8) is 0 Å². The molecule has 3 rings (SSSR count). The highest BCUT2D eigenvalue weighted by Gasteiger charge is 2.24. The van der Waals surface area contributed by atoms with Crippen LogP contribution >= 0.6 is 0 Å². The Kier molecular flexibility index (Phi) is 3.42. The van der Waals surface area contributed by atoms with Crippen LogP contribution in [-0.2, 0) is 0 Å². The van der Waals surface area contributed by atoms with Gasteiger partial charge in [-0.05, 0) is 29.8 Å². The maximum Gasteiger partial charge on any atom is 0.339 e. The van der Waals surface area contributed by atoms with Crippen molar-refractivity contribution in [1.29, 1.82) is 0 Å². The van der Waals surface area contributed by atoms with Crippen LogP contribution in [0.25, 0.3) is 11.1 Å². The molecule has 0 amide bonds. The zero-order valence-corrected chi connectivity index (χ0v) is 11.4. The van der Waals surface area contributed by atoms with Crippen LogP contribution in [0.2, 0.25) is 0 Å². The molecule has 112 valence electrons. The Bertz CT molecular complexity index is 748. The topological polar surface area (TPSA) is 93.1 Å². The van der Waals surface area contributed by atoms with E-state index in [0.29, 0.717) is 17.9 Å². The second-order valence-electron chi connectivity index (χ2n) is 4.70. The van der Waals surface area contributed by atoms with E-state index in [1.165, 1.54) is 18.2 Å². The molecule has 0 spiro atoms. The first-order valence-corrected chi connectivity index (χ1v) is 6.57. The summed E-state index contributed by atoms with van der Waals surface area (Å²) in [5, 5.41) is 18.1. The molecular weight excluding hydrogens is 288 g/mol. The second-order valence-corrected chi connectivity index (χ2v) is 4.70. The van der Waals surface area contributed by atoms with Crippen molar-refractivity contribution in [2.75, 3.05) is 13.2 Å². The first-order valence-electron chi connectivity index (χ1n) is 6.57. The van der Waals surface area contributed by atoms with E-state index in [2.05, 4.69) is 0 Å². The van der Waals surface area contributed by atoms with Crippen LogP contribution in [-0.4, -0.2) is 35.4 Å². The van der Waals surface area contributed by atoms with E-state index in [9.17, 15) is 14.7 Å². The van der Waals surface area contributed by atoms with Gasteiger partial charge < -0.3 is 19.7 Å². The molecule has 1 heterocycles. The average molecular weight is 300 g/mol. The first-order chi connectivity index (χ1) is 10.6. The molecule has 1 aliphatic rings. The molecule has 0 bridgehead atoms. The molecule has 0 fully saturated rings. The summed E-state index contributed by atoms with van der Waals surface area (Å²) in [6.45, 7) is 0.616. The Labute approximate surface area is 125 Å². The van der Waals surface area contributed by atoms with Gasteiger partial charge in [-0.25, -0.2) is 9.59 Å². The third-order valence-electron chi connectivity index (χ3n) is 3.36. The van der Waals surface area contributed by atoms with Crippen molar-refractivity contribution in [3.8, 4) is 22.6 Å². The molecule has 6 nitrogen and oxygen atoms in total. The van der Waals surface area contributed by atoms with Gasteiger partial charge in [0.15, 0.2) is 11.5 Å². The summed E-state index contributed by atoms with van der Waals surface area (Å²) in [5.41, 5.74) is 1.61. The lowest BCUT2D eigenvalue weighted by Gasteiger charge is -2.22. The molecule has 6 heteroatoms. The summed E-state index contributed by atoms with van der Waals surface area (Å²) in [6, 6.07) is 9.36. The highest BCUT2D eigenvalue weighted by atomic mass is 16.6. The summed E-state index contributed by atoms with van der Waals surface area (Å²) in [6.07, 6.45) is 0. The Morgan fingerprint density at radius 2 is 1.45 bits per heavy atom. The van der Waals surface area contributed by atoms with Gasteiger partial charge in [0.2, 0.25) is 0 Å². The smallest absolute Gasteiger partial charge is 0.339 e. The van der Waals surface area contributed by atoms with Crippen LogP contribution in [0, 0.1) is 0 Å². The number of carbonyl (C=O) groups is 2. The van der Waals surface area contributed by atoms with Gasteiger partial charge in [0, 0.05) is 5.56 Å². The Morgan fingerprint density at radius 3 is 2.05 bits per heavy atom. The zero-order valence-electron chi connectivity index (χ0n) is 11.4. The Balaban J connectivity index is 2.11. The van der Waals surface area contributed by atoms with Gasteiger partial charge in [-0.2, -0.15) is 0 Å². The van der Waals surface area contributed by atoms with Crippen molar-refractivity contribution in [2.24, 2.45) is 0 Å². The van der Waals surface area contributed by atoms with Crippen LogP contribution in [0.4, 0.5) is 0 Å². The summed E-state index contributed by atoms with van der Waals surface area (Å²) < 4.78 is 11.0. The van der Waals surface area contributed by atoms with Crippen LogP contribution in [0.15, 0.2) is 36.4 Å². The van der Waals surface area contributed by atoms with Crippen molar-refractivity contribution in [2.45, 2.75) is 0 Å². The van der Waals surface area contributed by atoms with Crippen LogP contribution in [0.1, 0.15) is 20.7 Å². The molecule has 0 aliphatic carbocycles. The molecule has 0 radical (unpaired) electrons. The largest absolute Gasteiger partial charge is 0.485 e. The van der Waals surface area contributed by atoms with E-state index < -0.39 is 11.9 Å². The molecule has 0 unspecified atom stereocenters. The lowest BCUT2D eigenvalue weighted by molar-refractivity contribution is 0.0679. The van der Waals surface area contributed by atoms with Gasteiger partial charge >= 0.3 is 11.9 Å². The van der Waals surface area contributed by atoms with Gasteiger partial charge in [0.05, 0.1) is 5.56 Å². The summed E-state index contributed by atoms with van der Waals surface area (Å²) in [5.74, 6) is -1.52. The molecule has 0 atom stereocenters. The Hall–Kier alpha value is -3.02. The number of benzene rings is 2. The highest BCUT2D eigenvalue weighted by molar-refractivity contribution is 5.94. The normalized spacial score (nSPS) is 12.7. The van der Waals surface area contributed by atoms with Crippen molar-refractivity contribution in [1.82, 2.24) is 0 Å². The lowest BCUT2D eigenvalue weighted by atomic mass is 10.00. The number of carboxylic acid groups (broad SMARTS) is 2. The molecule has 2 aromatic carbocycles. The van der Waals surface area contributed by atoms with Crippen molar-refractivity contribution >= 4 is 11.9 Å². The minimum absolute atomic E-state index is 0.0422. The van der Waals surface area contributed by atoms with Gasteiger partial charge in [0.25, 0.3) is 0 Å². The van der Waals surface area contributed by atoms with E-state index in [0.717, 1.165) is 5.56 Å². The van der Waals surface area contributed by atoms with Gasteiger partial charge in [-0.3, -0.25) is 0 Å². The monoisotopic (exact) mass is 300 g/mol. The second kappa shape index (κ2) is 5.40. The lowest BCUT2D eigenvalue weighted by Crippen LogP contribution is -2.18. The van der Waals surface area contributed by atoms with Crippen molar-refractivity contribution in [3.05, 3.63) is 47.5 Å². The minimum Gasteiger partial charge on any atom is -0.485 e. The molecular formula is C16H12O6. The van der Waals surface area contributed by atoms with E-state index in [1.807, 2.05) is 0 Å². The molecule has 2 N–H and O–H groups in total. The van der Waals surface area contributed by atoms with Gasteiger partial charge in [-0.1, -0.05) is 12.1 Å². The SMILES string of the molecule is O=C(O)c1ccc(-c2ccc(C(=O)O)c3c2OCCO3)cc1. The number of hydrogen-bond donors (Lipinski definition) is 2. The quantitative estimate of drug-likeness (QED) is 0.904. The van der Waals surface area contributed by atoms with E-state index in [4.69, 9.17) is 14.6 Å². The molecule has 0 saturated carbocycles. The van der Waals surface area contributed by atoms with Gasteiger partial charge in [0.1, 0.15) is 18.8 Å². The minimum atomic E-state index is -1.09. The number of ether oxygens (including phenoxy) is 2. The number of fused-ring (bicyclic) bond motifs is 1. The Morgan fingerprint density at radius 1 is 0.818 bits per heavy atom. The fourth-order valence-corrected chi connectivity index (χ4v) is 2.32. The van der Waals surface area contributed by atoms with Crippen LogP contribution in [0.3, 0.4) is 0 Å². The average Bonchev–Trinajstić information content (AvgIpc) is 2.53. The fourth-order valence-electron chi connectivity index (χ4n) is 2.32. The maximum atomic E-state index is 11.2. The summed E-state index contributed by atoms with van der Waals surface area (Å²) in [4.78, 5) is 22.1. The summed E-state index contributed by atoms with van der Waals surface area (Å²) in [7, 11) is 0. The van der Waals surface area contributed by atoms with Crippen LogP contribution in [0.5, 0.6) is 11.5 Å². The maximum absolute atomic E-state index is 11.2. The highest BCUT2D eigenvalue weighted by Crippen LogP contribution is 2.42. The predicted octanol–water partition coefficient (Wildman–Crippen LogP) is 2.52. The first kappa shape index (κ1) is 13.9. The van der Waals surface area contributed by atoms with Crippen LogP contribution < -0.4 is 9.47 Å². The number of hydrogen-bond acceptors (Lipinski definition) is 4. The fraction of sp³-hybridized carbons (Fsp3) is 0.125. The molecule has 2 aromatic rings. The van der Waals surface area contributed by atoms with E-state index in [-0.39, 0.29) is 23.5 Å². The summed E-state index contributed by atoms with van der Waals surface area (Å²) >= 11 is 0. The number of aromatic carboxylic acids is 2. The van der Waals surface area contributed by atoms with Crippen molar-refractivity contribution < 1.29 is 29.3 Å². The molecule has 0 saturated heterocycles. The molecule has 1 aliphatic heterocycles. The molecule has 22 heavy (non-hydrogen) atoms. The van der Waals surface area contributed by atoms with E-state index in [1.54, 1.807) is 18.2 Å². The number of rotatable bonds is 3. The standard InChI is InChI=1S/C16H12O6/c17-15(18)10-3-1-9(2-4-10)11-5-6-12(16(19)20)14-13(11)21-7-8-22-14/h1-6H,7-8H2,(H,17,18)(H,19,20). The predicted molar refractivity (Wildman–Crippen MR) is 76.8 cm³/mol. The van der Waals surface area contributed by atoms with Gasteiger partial charge in [-0.15, -0.1) is 0 Å². The zero-order chi connectivity index (χ0) is 15.7. The molecule has 0 aromatic heterocycles. The third-order valence-corrected chi connectivity index (χ3v) is 3.36. The van der Waals surface area contributed by atoms with E-state index >= 15 is 0 Å². The number of carboxylic acids is 2.